The SMILES string of the molecule is Cc1c(C#CCC=O)cnc(N)c1[N+](=O)[O-]. The van der Waals surface area contributed by atoms with Gasteiger partial charge in [0.15, 0.2) is 0 Å². The van der Waals surface area contributed by atoms with Crippen LogP contribution in [0.25, 0.3) is 0 Å². The molecule has 1 heterocycles. The fraction of sp³-hybridized carbons (Fsp3) is 0.200. The zero-order valence-corrected chi connectivity index (χ0v) is 8.56. The third kappa shape index (κ3) is 2.33. The van der Waals surface area contributed by atoms with Crippen molar-refractivity contribution in [3.05, 3.63) is 27.4 Å². The highest BCUT2D eigenvalue weighted by Gasteiger charge is 2.18. The fourth-order valence-electron chi connectivity index (χ4n) is 1.16. The van der Waals surface area contributed by atoms with Gasteiger partial charge in [0.2, 0.25) is 5.82 Å². The number of carbonyl (C=O) groups is 1. The maximum atomic E-state index is 10.7. The van der Waals surface area contributed by atoms with Crippen LogP contribution in [0, 0.1) is 28.9 Å². The van der Waals surface area contributed by atoms with E-state index in [9.17, 15) is 14.9 Å². The summed E-state index contributed by atoms with van der Waals surface area (Å²) in [7, 11) is 0. The van der Waals surface area contributed by atoms with Gasteiger partial charge in [-0.25, -0.2) is 4.98 Å². The van der Waals surface area contributed by atoms with Crippen LogP contribution in [0.1, 0.15) is 17.5 Å². The van der Waals surface area contributed by atoms with Crippen molar-refractivity contribution in [2.75, 3.05) is 5.73 Å². The first-order valence-electron chi connectivity index (χ1n) is 4.40. The molecule has 0 aromatic carbocycles. The number of anilines is 1. The smallest absolute Gasteiger partial charge is 0.315 e. The van der Waals surface area contributed by atoms with Crippen LogP contribution in [0.5, 0.6) is 0 Å². The van der Waals surface area contributed by atoms with Gasteiger partial charge in [0, 0.05) is 11.8 Å². The largest absolute Gasteiger partial charge is 0.378 e. The highest BCUT2D eigenvalue weighted by Crippen LogP contribution is 2.25. The van der Waals surface area contributed by atoms with E-state index in [0.717, 1.165) is 0 Å². The van der Waals surface area contributed by atoms with Gasteiger partial charge in [0.05, 0.1) is 16.9 Å². The minimum absolute atomic E-state index is 0.0810. The van der Waals surface area contributed by atoms with Gasteiger partial charge in [-0.1, -0.05) is 11.8 Å². The second kappa shape index (κ2) is 4.89. The summed E-state index contributed by atoms with van der Waals surface area (Å²) in [5.41, 5.74) is 5.91. The maximum Gasteiger partial charge on any atom is 0.315 e. The second-order valence-electron chi connectivity index (χ2n) is 2.96. The molecule has 6 nitrogen and oxygen atoms in total. The summed E-state index contributed by atoms with van der Waals surface area (Å²) in [5, 5.41) is 10.7. The third-order valence-corrected chi connectivity index (χ3v) is 1.93. The number of pyridine rings is 1. The molecular formula is C10H9N3O3. The molecule has 1 rings (SSSR count). The molecule has 82 valence electrons. The van der Waals surface area contributed by atoms with Crippen LogP contribution in [-0.2, 0) is 4.79 Å². The quantitative estimate of drug-likeness (QED) is 0.343. The molecule has 0 bridgehead atoms. The average Bonchev–Trinajstić information content (AvgIpc) is 2.21. The molecule has 1 aromatic heterocycles. The molecule has 0 fully saturated rings. The lowest BCUT2D eigenvalue weighted by Gasteiger charge is -2.01. The van der Waals surface area contributed by atoms with E-state index in [0.29, 0.717) is 17.4 Å². The molecule has 0 radical (unpaired) electrons. The molecule has 1 aromatic rings. The molecule has 0 atom stereocenters. The summed E-state index contributed by atoms with van der Waals surface area (Å²) in [6.45, 7) is 1.54. The number of rotatable bonds is 2. The van der Waals surface area contributed by atoms with E-state index >= 15 is 0 Å². The Kier molecular flexibility index (Phi) is 3.56. The zero-order valence-electron chi connectivity index (χ0n) is 8.56. The first kappa shape index (κ1) is 11.7. The molecule has 0 aliphatic heterocycles. The van der Waals surface area contributed by atoms with Crippen molar-refractivity contribution in [2.45, 2.75) is 13.3 Å². The average molecular weight is 219 g/mol. The molecule has 6 heteroatoms. The summed E-state index contributed by atoms with van der Waals surface area (Å²) in [4.78, 5) is 23.9. The standard InChI is InChI=1S/C10H9N3O3/c1-7-8(4-2-3-5-14)6-12-10(11)9(7)13(15)16/h5-6H,3H2,1H3,(H2,11,12). The van der Waals surface area contributed by atoms with Crippen molar-refractivity contribution in [1.29, 1.82) is 0 Å². The molecular weight excluding hydrogens is 210 g/mol. The molecule has 2 N–H and O–H groups in total. The molecule has 0 aliphatic carbocycles. The Balaban J connectivity index is 3.25. The van der Waals surface area contributed by atoms with Crippen molar-refractivity contribution in [1.82, 2.24) is 4.98 Å². The van der Waals surface area contributed by atoms with Gasteiger partial charge in [-0.2, -0.15) is 0 Å². The van der Waals surface area contributed by atoms with Crippen LogP contribution < -0.4 is 5.73 Å². The number of aldehydes is 1. The van der Waals surface area contributed by atoms with Crippen LogP contribution in [-0.4, -0.2) is 16.2 Å². The Bertz CT molecular complexity index is 500. The van der Waals surface area contributed by atoms with Gasteiger partial charge in [-0.15, -0.1) is 0 Å². The van der Waals surface area contributed by atoms with Crippen molar-refractivity contribution >= 4 is 17.8 Å². The predicted molar refractivity (Wildman–Crippen MR) is 57.6 cm³/mol. The van der Waals surface area contributed by atoms with E-state index in [1.165, 1.54) is 6.20 Å². The highest BCUT2D eigenvalue weighted by molar-refractivity contribution is 5.63. The van der Waals surface area contributed by atoms with Crippen molar-refractivity contribution in [3.63, 3.8) is 0 Å². The summed E-state index contributed by atoms with van der Waals surface area (Å²) in [6, 6.07) is 0. The Morgan fingerprint density at radius 2 is 2.38 bits per heavy atom. The topological polar surface area (TPSA) is 99.1 Å². The number of nitrogen functional groups attached to an aromatic ring is 1. The highest BCUT2D eigenvalue weighted by atomic mass is 16.6. The molecule has 0 unspecified atom stereocenters. The van der Waals surface area contributed by atoms with Gasteiger partial charge in [0.1, 0.15) is 6.29 Å². The van der Waals surface area contributed by atoms with Gasteiger partial charge >= 0.3 is 5.69 Å². The summed E-state index contributed by atoms with van der Waals surface area (Å²) in [6.07, 6.45) is 2.09. The number of nitrogens with two attached hydrogens (primary N) is 1. The molecule has 0 amide bonds. The van der Waals surface area contributed by atoms with E-state index in [1.54, 1.807) is 6.92 Å². The third-order valence-electron chi connectivity index (χ3n) is 1.93. The van der Waals surface area contributed by atoms with E-state index in [1.807, 2.05) is 0 Å². The number of carbonyl (C=O) groups excluding carboxylic acids is 1. The number of hydrogen-bond acceptors (Lipinski definition) is 5. The first-order chi connectivity index (χ1) is 7.57. The minimum atomic E-state index is -0.595. The fourth-order valence-corrected chi connectivity index (χ4v) is 1.16. The maximum absolute atomic E-state index is 10.7. The van der Waals surface area contributed by atoms with Crippen molar-refractivity contribution in [3.8, 4) is 11.8 Å². The van der Waals surface area contributed by atoms with Gasteiger partial charge in [0.25, 0.3) is 0 Å². The molecule has 16 heavy (non-hydrogen) atoms. The number of aromatic nitrogens is 1. The Morgan fingerprint density at radius 1 is 1.69 bits per heavy atom. The lowest BCUT2D eigenvalue weighted by atomic mass is 10.1. The lowest BCUT2D eigenvalue weighted by molar-refractivity contribution is -0.384. The van der Waals surface area contributed by atoms with Crippen LogP contribution in [0.2, 0.25) is 0 Å². The Morgan fingerprint density at radius 3 is 2.94 bits per heavy atom. The Hall–Kier alpha value is -2.42. The Labute approximate surface area is 91.6 Å². The lowest BCUT2D eigenvalue weighted by Crippen LogP contribution is -2.02. The first-order valence-corrected chi connectivity index (χ1v) is 4.40. The zero-order chi connectivity index (χ0) is 12.1. The van der Waals surface area contributed by atoms with Gasteiger partial charge in [-0.05, 0) is 6.92 Å². The van der Waals surface area contributed by atoms with E-state index < -0.39 is 4.92 Å². The van der Waals surface area contributed by atoms with Gasteiger partial charge < -0.3 is 10.5 Å². The summed E-state index contributed by atoms with van der Waals surface area (Å²) >= 11 is 0. The van der Waals surface area contributed by atoms with E-state index in [4.69, 9.17) is 5.73 Å². The summed E-state index contributed by atoms with van der Waals surface area (Å²) < 4.78 is 0. The van der Waals surface area contributed by atoms with Crippen molar-refractivity contribution < 1.29 is 9.72 Å². The summed E-state index contributed by atoms with van der Waals surface area (Å²) in [5.74, 6) is 5.05. The van der Waals surface area contributed by atoms with Crippen molar-refractivity contribution in [2.24, 2.45) is 0 Å². The van der Waals surface area contributed by atoms with Crippen LogP contribution >= 0.6 is 0 Å². The van der Waals surface area contributed by atoms with Crippen LogP contribution in [0.4, 0.5) is 11.5 Å². The number of hydrogen-bond donors (Lipinski definition) is 1. The number of nitrogens with zero attached hydrogens (tertiary/aromatic N) is 2. The molecule has 0 saturated carbocycles. The monoisotopic (exact) mass is 219 g/mol. The molecule has 0 aliphatic rings. The van der Waals surface area contributed by atoms with Gasteiger partial charge in [-0.3, -0.25) is 10.1 Å². The molecule has 0 saturated heterocycles. The normalized spacial score (nSPS) is 9.06. The molecule has 0 spiro atoms. The second-order valence-corrected chi connectivity index (χ2v) is 2.96. The van der Waals surface area contributed by atoms with E-state index in [-0.39, 0.29) is 17.9 Å². The number of nitro groups is 1. The van der Waals surface area contributed by atoms with Crippen LogP contribution in [0.3, 0.4) is 0 Å². The predicted octanol–water partition coefficient (Wildman–Crippen LogP) is 0.821. The van der Waals surface area contributed by atoms with E-state index in [2.05, 4.69) is 16.8 Å². The van der Waals surface area contributed by atoms with Crippen LogP contribution in [0.15, 0.2) is 6.20 Å². The minimum Gasteiger partial charge on any atom is -0.378 e.